The van der Waals surface area contributed by atoms with Gasteiger partial charge < -0.3 is 29.6 Å². The number of carbonyl (C=O) groups excluding carboxylic acids is 1. The Morgan fingerprint density at radius 3 is 2.91 bits per heavy atom. The zero-order valence-electron chi connectivity index (χ0n) is 17.6. The SMILES string of the molecule is CCOC(=O)OCOc1cccc(Nc2ncc(F)c(Nc3ccc4c(c3)N=CCO4)n2)c1. The highest BCUT2D eigenvalue weighted by Gasteiger charge is 2.12. The molecule has 0 amide bonds. The van der Waals surface area contributed by atoms with Crippen molar-refractivity contribution in [1.29, 1.82) is 0 Å². The quantitative estimate of drug-likeness (QED) is 0.369. The van der Waals surface area contributed by atoms with Crippen molar-refractivity contribution >= 4 is 41.2 Å². The number of aliphatic imine (C=N–C) groups is 1. The number of hydrogen-bond acceptors (Lipinski definition) is 10. The summed E-state index contributed by atoms with van der Waals surface area (Å²) in [6.45, 7) is 1.99. The van der Waals surface area contributed by atoms with Crippen molar-refractivity contribution in [3.8, 4) is 11.5 Å². The topological polar surface area (TPSA) is 116 Å². The van der Waals surface area contributed by atoms with Crippen molar-refractivity contribution < 1.29 is 28.1 Å². The van der Waals surface area contributed by atoms with E-state index >= 15 is 0 Å². The van der Waals surface area contributed by atoms with Crippen molar-refractivity contribution in [1.82, 2.24) is 9.97 Å². The molecule has 0 bridgehead atoms. The van der Waals surface area contributed by atoms with Gasteiger partial charge in [-0.2, -0.15) is 4.98 Å². The van der Waals surface area contributed by atoms with E-state index < -0.39 is 12.0 Å². The van der Waals surface area contributed by atoms with Crippen molar-refractivity contribution in [2.45, 2.75) is 6.92 Å². The Balaban J connectivity index is 1.42. The summed E-state index contributed by atoms with van der Waals surface area (Å²) in [4.78, 5) is 23.6. The van der Waals surface area contributed by atoms with E-state index in [4.69, 9.17) is 14.2 Å². The van der Waals surface area contributed by atoms with E-state index in [1.807, 2.05) is 0 Å². The maximum atomic E-state index is 14.3. The number of anilines is 4. The Morgan fingerprint density at radius 2 is 2.03 bits per heavy atom. The molecule has 1 aliphatic heterocycles. The van der Waals surface area contributed by atoms with Gasteiger partial charge in [0.2, 0.25) is 12.7 Å². The van der Waals surface area contributed by atoms with Gasteiger partial charge in [0.25, 0.3) is 0 Å². The van der Waals surface area contributed by atoms with E-state index in [0.717, 1.165) is 6.20 Å². The van der Waals surface area contributed by atoms with Crippen molar-refractivity contribution in [2.75, 3.05) is 30.6 Å². The highest BCUT2D eigenvalue weighted by Crippen LogP contribution is 2.33. The molecule has 2 N–H and O–H groups in total. The molecule has 0 fully saturated rings. The van der Waals surface area contributed by atoms with Crippen LogP contribution < -0.4 is 20.1 Å². The minimum Gasteiger partial charge on any atom is -0.486 e. The van der Waals surface area contributed by atoms with Crippen LogP contribution in [0.15, 0.2) is 53.7 Å². The van der Waals surface area contributed by atoms with E-state index in [1.54, 1.807) is 55.6 Å². The number of halogens is 1. The fourth-order valence-corrected chi connectivity index (χ4v) is 2.83. The molecule has 0 aliphatic carbocycles. The molecule has 2 aromatic carbocycles. The lowest BCUT2D eigenvalue weighted by atomic mass is 10.2. The molecular weight excluding hydrogens is 433 g/mol. The zero-order valence-corrected chi connectivity index (χ0v) is 17.6. The van der Waals surface area contributed by atoms with E-state index in [1.165, 1.54) is 0 Å². The smallest absolute Gasteiger partial charge is 0.486 e. The molecule has 0 spiro atoms. The van der Waals surface area contributed by atoms with Crippen molar-refractivity contribution in [2.24, 2.45) is 4.99 Å². The lowest BCUT2D eigenvalue weighted by Gasteiger charge is -2.14. The molecular formula is C22H20FN5O5. The number of hydrogen-bond donors (Lipinski definition) is 2. The van der Waals surface area contributed by atoms with Gasteiger partial charge in [-0.3, -0.25) is 4.99 Å². The second-order valence-corrected chi connectivity index (χ2v) is 6.56. The molecule has 10 nitrogen and oxygen atoms in total. The third kappa shape index (κ3) is 5.85. The largest absolute Gasteiger partial charge is 0.511 e. The summed E-state index contributed by atoms with van der Waals surface area (Å²) in [6, 6.07) is 12.0. The number of fused-ring (bicyclic) bond motifs is 1. The Morgan fingerprint density at radius 1 is 1.15 bits per heavy atom. The Kier molecular flexibility index (Phi) is 6.78. The van der Waals surface area contributed by atoms with Crippen LogP contribution in [0.2, 0.25) is 0 Å². The molecule has 1 aromatic heterocycles. The van der Waals surface area contributed by atoms with Crippen LogP contribution in [0.5, 0.6) is 11.5 Å². The molecule has 170 valence electrons. The number of rotatable bonds is 8. The molecule has 0 saturated heterocycles. The van der Waals surface area contributed by atoms with Crippen LogP contribution in [-0.4, -0.2) is 42.3 Å². The first-order chi connectivity index (χ1) is 16.1. The predicted molar refractivity (Wildman–Crippen MR) is 119 cm³/mol. The summed E-state index contributed by atoms with van der Waals surface area (Å²) in [5, 5.41) is 5.91. The summed E-state index contributed by atoms with van der Waals surface area (Å²) >= 11 is 0. The number of benzene rings is 2. The van der Waals surface area contributed by atoms with Gasteiger partial charge in [-0.25, -0.2) is 14.2 Å². The Bertz CT molecular complexity index is 1170. The number of nitrogens with one attached hydrogen (secondary N) is 2. The molecule has 11 heteroatoms. The van der Waals surface area contributed by atoms with E-state index in [-0.39, 0.29) is 25.2 Å². The molecule has 2 heterocycles. The van der Waals surface area contributed by atoms with E-state index in [0.29, 0.717) is 35.2 Å². The first kappa shape index (κ1) is 21.8. The third-order valence-electron chi connectivity index (χ3n) is 4.26. The van der Waals surface area contributed by atoms with Gasteiger partial charge in [0.15, 0.2) is 11.6 Å². The second-order valence-electron chi connectivity index (χ2n) is 6.56. The van der Waals surface area contributed by atoms with Crippen LogP contribution in [0.4, 0.5) is 38.0 Å². The average molecular weight is 453 g/mol. The molecule has 3 aromatic rings. The minimum absolute atomic E-state index is 0.0107. The van der Waals surface area contributed by atoms with Gasteiger partial charge in [-0.15, -0.1) is 0 Å². The van der Waals surface area contributed by atoms with Gasteiger partial charge in [-0.05, 0) is 37.3 Å². The van der Waals surface area contributed by atoms with Crippen molar-refractivity contribution in [3.05, 3.63) is 54.5 Å². The van der Waals surface area contributed by atoms with Gasteiger partial charge in [-0.1, -0.05) is 6.07 Å². The number of ether oxygens (including phenoxy) is 4. The number of nitrogens with zero attached hydrogens (tertiary/aromatic N) is 3. The highest BCUT2D eigenvalue weighted by atomic mass is 19.1. The van der Waals surface area contributed by atoms with E-state index in [9.17, 15) is 9.18 Å². The first-order valence-electron chi connectivity index (χ1n) is 9.99. The summed E-state index contributed by atoms with van der Waals surface area (Å²) in [5.74, 6) is 0.623. The van der Waals surface area contributed by atoms with Crippen LogP contribution in [-0.2, 0) is 9.47 Å². The maximum Gasteiger partial charge on any atom is 0.511 e. The van der Waals surface area contributed by atoms with Gasteiger partial charge in [0.05, 0.1) is 12.8 Å². The molecule has 0 radical (unpaired) electrons. The monoisotopic (exact) mass is 453 g/mol. The van der Waals surface area contributed by atoms with Gasteiger partial charge in [0, 0.05) is 23.7 Å². The van der Waals surface area contributed by atoms with Crippen LogP contribution in [0.1, 0.15) is 6.92 Å². The fourth-order valence-electron chi connectivity index (χ4n) is 2.83. The lowest BCUT2D eigenvalue weighted by Crippen LogP contribution is -2.11. The molecule has 0 saturated carbocycles. The summed E-state index contributed by atoms with van der Waals surface area (Å²) in [7, 11) is 0. The summed E-state index contributed by atoms with van der Waals surface area (Å²) in [5.41, 5.74) is 1.82. The molecule has 33 heavy (non-hydrogen) atoms. The third-order valence-corrected chi connectivity index (χ3v) is 4.26. The summed E-state index contributed by atoms with van der Waals surface area (Å²) in [6.07, 6.45) is 1.90. The van der Waals surface area contributed by atoms with Crippen molar-refractivity contribution in [3.63, 3.8) is 0 Å². The standard InChI is InChI=1S/C22H20FN5O5/c1-2-30-22(29)33-13-32-16-5-3-4-14(10-16)27-21-25-12-17(23)20(28-21)26-15-6-7-19-18(11-15)24-8-9-31-19/h3-8,10-12H,2,9,13H2,1H3,(H2,25,26,27,28). The second kappa shape index (κ2) is 10.3. The van der Waals surface area contributed by atoms with Gasteiger partial charge in [0.1, 0.15) is 23.8 Å². The molecule has 0 unspecified atom stereocenters. The first-order valence-corrected chi connectivity index (χ1v) is 9.99. The minimum atomic E-state index is -0.815. The number of aromatic nitrogens is 2. The van der Waals surface area contributed by atoms with Crippen LogP contribution >= 0.6 is 0 Å². The summed E-state index contributed by atoms with van der Waals surface area (Å²) < 4.78 is 34.6. The average Bonchev–Trinajstić information content (AvgIpc) is 2.82. The Hall–Kier alpha value is -4.41. The fraction of sp³-hybridized carbons (Fsp3) is 0.182. The Labute approximate surface area is 188 Å². The highest BCUT2D eigenvalue weighted by molar-refractivity contribution is 5.74. The zero-order chi connectivity index (χ0) is 23.0. The van der Waals surface area contributed by atoms with Crippen LogP contribution in [0.3, 0.4) is 0 Å². The maximum absolute atomic E-state index is 14.3. The molecule has 0 atom stereocenters. The molecule has 1 aliphatic rings. The van der Waals surface area contributed by atoms with Crippen LogP contribution in [0, 0.1) is 5.82 Å². The van der Waals surface area contributed by atoms with E-state index in [2.05, 4.69) is 30.3 Å². The van der Waals surface area contributed by atoms with Crippen LogP contribution in [0.25, 0.3) is 0 Å². The predicted octanol–water partition coefficient (Wildman–Crippen LogP) is 4.71. The normalized spacial score (nSPS) is 11.7. The molecule has 4 rings (SSSR count). The number of carbonyl (C=O) groups is 1. The van der Waals surface area contributed by atoms with Gasteiger partial charge >= 0.3 is 6.16 Å². The lowest BCUT2D eigenvalue weighted by molar-refractivity contribution is 0.00691.